The van der Waals surface area contributed by atoms with E-state index in [0.717, 1.165) is 6.20 Å². The first kappa shape index (κ1) is 9.48. The van der Waals surface area contributed by atoms with Gasteiger partial charge < -0.3 is 5.11 Å². The van der Waals surface area contributed by atoms with E-state index in [1.165, 1.54) is 0 Å². The standard InChI is InChI=1S/C6H3Cl2F2NO/c7-3-2(12)1-11-5(4(3)8)6(9)10/h1,6,12H. The number of rotatable bonds is 1. The lowest BCUT2D eigenvalue weighted by Crippen LogP contribution is -1.91. The number of halogens is 4. The molecule has 0 unspecified atom stereocenters. The first-order valence-corrected chi connectivity index (χ1v) is 3.60. The van der Waals surface area contributed by atoms with Crippen LogP contribution in [-0.4, -0.2) is 10.1 Å². The number of hydrogen-bond acceptors (Lipinski definition) is 2. The van der Waals surface area contributed by atoms with E-state index < -0.39 is 22.9 Å². The minimum atomic E-state index is -2.80. The predicted octanol–water partition coefficient (Wildman–Crippen LogP) is 3.03. The summed E-state index contributed by atoms with van der Waals surface area (Å²) in [6.45, 7) is 0. The van der Waals surface area contributed by atoms with Gasteiger partial charge >= 0.3 is 0 Å². The lowest BCUT2D eigenvalue weighted by atomic mass is 10.3. The van der Waals surface area contributed by atoms with Crippen molar-refractivity contribution in [2.24, 2.45) is 0 Å². The lowest BCUT2D eigenvalue weighted by Gasteiger charge is -2.03. The molecule has 0 radical (unpaired) electrons. The van der Waals surface area contributed by atoms with Crippen LogP contribution in [0.3, 0.4) is 0 Å². The van der Waals surface area contributed by atoms with Crippen molar-refractivity contribution in [3.05, 3.63) is 21.9 Å². The average molecular weight is 214 g/mol. The van der Waals surface area contributed by atoms with Gasteiger partial charge in [0.1, 0.15) is 10.7 Å². The van der Waals surface area contributed by atoms with Crippen molar-refractivity contribution < 1.29 is 13.9 Å². The van der Waals surface area contributed by atoms with Crippen LogP contribution < -0.4 is 0 Å². The molecule has 0 aliphatic rings. The summed E-state index contributed by atoms with van der Waals surface area (Å²) in [5.41, 5.74) is -0.625. The fraction of sp³-hybridized carbons (Fsp3) is 0.167. The Balaban J connectivity index is 3.27. The van der Waals surface area contributed by atoms with E-state index in [2.05, 4.69) is 4.98 Å². The summed E-state index contributed by atoms with van der Waals surface area (Å²) in [7, 11) is 0. The number of hydrogen-bond donors (Lipinski definition) is 1. The van der Waals surface area contributed by atoms with Crippen molar-refractivity contribution in [1.29, 1.82) is 0 Å². The second kappa shape index (κ2) is 3.41. The van der Waals surface area contributed by atoms with E-state index >= 15 is 0 Å². The molecular weight excluding hydrogens is 211 g/mol. The molecule has 0 fully saturated rings. The smallest absolute Gasteiger partial charge is 0.281 e. The third-order valence-electron chi connectivity index (χ3n) is 1.18. The summed E-state index contributed by atoms with van der Waals surface area (Å²) in [5, 5.41) is 8.17. The van der Waals surface area contributed by atoms with E-state index in [1.54, 1.807) is 0 Å². The van der Waals surface area contributed by atoms with Crippen LogP contribution in [0.2, 0.25) is 10.0 Å². The van der Waals surface area contributed by atoms with Gasteiger partial charge in [0, 0.05) is 0 Å². The monoisotopic (exact) mass is 213 g/mol. The number of aromatic nitrogens is 1. The maximum absolute atomic E-state index is 12.1. The zero-order valence-corrected chi connectivity index (χ0v) is 7.07. The second-order valence-corrected chi connectivity index (χ2v) is 2.71. The van der Waals surface area contributed by atoms with E-state index in [9.17, 15) is 8.78 Å². The van der Waals surface area contributed by atoms with Gasteiger partial charge in [0.05, 0.1) is 11.2 Å². The number of pyridine rings is 1. The highest BCUT2D eigenvalue weighted by atomic mass is 35.5. The maximum atomic E-state index is 12.1. The van der Waals surface area contributed by atoms with Crippen LogP contribution in [0.25, 0.3) is 0 Å². The van der Waals surface area contributed by atoms with Crippen molar-refractivity contribution in [1.82, 2.24) is 4.98 Å². The first-order valence-electron chi connectivity index (χ1n) is 2.85. The average Bonchev–Trinajstić information content (AvgIpc) is 2.00. The Morgan fingerprint density at radius 2 is 1.92 bits per heavy atom. The van der Waals surface area contributed by atoms with E-state index in [4.69, 9.17) is 28.3 Å². The minimum absolute atomic E-state index is 0.304. The number of alkyl halides is 2. The molecule has 2 nitrogen and oxygen atoms in total. The van der Waals surface area contributed by atoms with E-state index in [1.807, 2.05) is 0 Å². The van der Waals surface area contributed by atoms with Crippen molar-refractivity contribution in [2.45, 2.75) is 6.43 Å². The molecule has 1 rings (SSSR count). The minimum Gasteiger partial charge on any atom is -0.505 e. The fourth-order valence-electron chi connectivity index (χ4n) is 0.621. The van der Waals surface area contributed by atoms with Crippen molar-refractivity contribution >= 4 is 23.2 Å². The highest BCUT2D eigenvalue weighted by Crippen LogP contribution is 2.35. The highest BCUT2D eigenvalue weighted by molar-refractivity contribution is 6.43. The number of aromatic hydroxyl groups is 1. The molecule has 0 saturated carbocycles. The van der Waals surface area contributed by atoms with Gasteiger partial charge in [0.25, 0.3) is 6.43 Å². The summed E-state index contributed by atoms with van der Waals surface area (Å²) < 4.78 is 24.1. The van der Waals surface area contributed by atoms with Gasteiger partial charge in [-0.1, -0.05) is 23.2 Å². The van der Waals surface area contributed by atoms with Gasteiger partial charge in [-0.2, -0.15) is 0 Å². The Morgan fingerprint density at radius 3 is 2.42 bits per heavy atom. The van der Waals surface area contributed by atoms with E-state index in [0.29, 0.717) is 0 Å². The van der Waals surface area contributed by atoms with Crippen LogP contribution in [0.5, 0.6) is 5.75 Å². The Hall–Kier alpha value is -0.610. The van der Waals surface area contributed by atoms with Gasteiger partial charge in [0.15, 0.2) is 5.75 Å². The lowest BCUT2D eigenvalue weighted by molar-refractivity contribution is 0.146. The maximum Gasteiger partial charge on any atom is 0.281 e. The topological polar surface area (TPSA) is 33.1 Å². The third kappa shape index (κ3) is 1.59. The molecule has 0 bridgehead atoms. The fourth-order valence-corrected chi connectivity index (χ4v) is 0.995. The van der Waals surface area contributed by atoms with Crippen LogP contribution in [0.15, 0.2) is 6.20 Å². The quantitative estimate of drug-likeness (QED) is 0.779. The molecule has 1 N–H and O–H groups in total. The Bertz CT molecular complexity index is 306. The molecule has 0 aliphatic heterocycles. The van der Waals surface area contributed by atoms with Crippen molar-refractivity contribution in [3.63, 3.8) is 0 Å². The molecule has 6 heteroatoms. The zero-order chi connectivity index (χ0) is 9.30. The van der Waals surface area contributed by atoms with Gasteiger partial charge in [-0.05, 0) is 0 Å². The summed E-state index contributed by atoms with van der Waals surface area (Å²) >= 11 is 10.7. The molecule has 0 aliphatic carbocycles. The van der Waals surface area contributed by atoms with Crippen LogP contribution in [-0.2, 0) is 0 Å². The molecule has 0 amide bonds. The normalized spacial score (nSPS) is 10.8. The van der Waals surface area contributed by atoms with E-state index in [-0.39, 0.29) is 5.02 Å². The third-order valence-corrected chi connectivity index (χ3v) is 2.04. The molecule has 0 spiro atoms. The van der Waals surface area contributed by atoms with Gasteiger partial charge in [-0.15, -0.1) is 0 Å². The Kier molecular flexibility index (Phi) is 2.69. The predicted molar refractivity (Wildman–Crippen MR) is 40.9 cm³/mol. The Morgan fingerprint density at radius 1 is 1.33 bits per heavy atom. The molecule has 66 valence electrons. The summed E-state index contributed by atoms with van der Waals surface area (Å²) in [6, 6.07) is 0. The molecule has 0 aromatic carbocycles. The van der Waals surface area contributed by atoms with Crippen LogP contribution >= 0.6 is 23.2 Å². The summed E-state index contributed by atoms with van der Waals surface area (Å²) in [5.74, 6) is -0.411. The SMILES string of the molecule is Oc1cnc(C(F)F)c(Cl)c1Cl. The molecule has 12 heavy (non-hydrogen) atoms. The second-order valence-electron chi connectivity index (χ2n) is 1.96. The molecule has 1 aromatic heterocycles. The molecule has 0 saturated heterocycles. The molecule has 1 heterocycles. The molecule has 1 aromatic rings. The largest absolute Gasteiger partial charge is 0.505 e. The summed E-state index contributed by atoms with van der Waals surface area (Å²) in [4.78, 5) is 3.22. The van der Waals surface area contributed by atoms with Crippen LogP contribution in [0.4, 0.5) is 8.78 Å². The van der Waals surface area contributed by atoms with Gasteiger partial charge in [0.2, 0.25) is 0 Å². The molecular formula is C6H3Cl2F2NO. The van der Waals surface area contributed by atoms with Crippen LogP contribution in [0, 0.1) is 0 Å². The zero-order valence-electron chi connectivity index (χ0n) is 5.56. The number of nitrogens with zero attached hydrogens (tertiary/aromatic N) is 1. The Labute approximate surface area is 76.7 Å². The van der Waals surface area contributed by atoms with Gasteiger partial charge in [-0.25, -0.2) is 13.8 Å². The molecule has 0 atom stereocenters. The van der Waals surface area contributed by atoms with Gasteiger partial charge in [-0.3, -0.25) is 0 Å². The van der Waals surface area contributed by atoms with Crippen molar-refractivity contribution in [2.75, 3.05) is 0 Å². The van der Waals surface area contributed by atoms with Crippen molar-refractivity contribution in [3.8, 4) is 5.75 Å². The van der Waals surface area contributed by atoms with Crippen LogP contribution in [0.1, 0.15) is 12.1 Å². The summed E-state index contributed by atoms with van der Waals surface area (Å²) in [6.07, 6.45) is -1.97. The highest BCUT2D eigenvalue weighted by Gasteiger charge is 2.17. The first-order chi connectivity index (χ1) is 5.54.